The van der Waals surface area contributed by atoms with Crippen molar-refractivity contribution in [3.05, 3.63) is 16.1 Å². The number of nitrogens with zero attached hydrogens (tertiary/aromatic N) is 2. The van der Waals surface area contributed by atoms with Crippen molar-refractivity contribution in [3.8, 4) is 0 Å². The highest BCUT2D eigenvalue weighted by molar-refractivity contribution is 7.09. The molecule has 0 aromatic carbocycles. The van der Waals surface area contributed by atoms with Gasteiger partial charge >= 0.3 is 0 Å². The normalized spacial score (nSPS) is 20.4. The van der Waals surface area contributed by atoms with Crippen LogP contribution in [0.25, 0.3) is 0 Å². The van der Waals surface area contributed by atoms with Gasteiger partial charge in [-0.15, -0.1) is 22.9 Å². The molecule has 1 saturated heterocycles. The van der Waals surface area contributed by atoms with Crippen LogP contribution in [0.15, 0.2) is 5.38 Å². The third-order valence-corrected chi connectivity index (χ3v) is 4.54. The third-order valence-electron chi connectivity index (χ3n) is 3.37. The van der Waals surface area contributed by atoms with Crippen LogP contribution in [-0.2, 0) is 17.1 Å². The van der Waals surface area contributed by atoms with E-state index in [1.807, 2.05) is 5.38 Å². The first-order valence-corrected chi connectivity index (χ1v) is 8.13. The maximum atomic E-state index is 12.0. The van der Waals surface area contributed by atoms with Crippen LogP contribution in [-0.4, -0.2) is 41.5 Å². The molecule has 4 nitrogen and oxygen atoms in total. The number of rotatable bonds is 5. The second kappa shape index (κ2) is 7.22. The topological polar surface area (TPSA) is 45.2 Å². The number of amides is 1. The van der Waals surface area contributed by atoms with Crippen LogP contribution in [0.3, 0.4) is 0 Å². The van der Waals surface area contributed by atoms with Crippen LogP contribution < -0.4 is 5.32 Å². The molecule has 0 spiro atoms. The number of nitrogens with one attached hydrogen (secondary N) is 1. The summed E-state index contributed by atoms with van der Waals surface area (Å²) >= 11 is 7.21. The highest BCUT2D eigenvalue weighted by Crippen LogP contribution is 2.13. The Bertz CT molecular complexity index is 424. The van der Waals surface area contributed by atoms with Gasteiger partial charge in [-0.3, -0.25) is 4.79 Å². The summed E-state index contributed by atoms with van der Waals surface area (Å²) in [6.07, 6.45) is 2.60. The molecule has 1 N–H and O–H groups in total. The minimum Gasteiger partial charge on any atom is -0.352 e. The van der Waals surface area contributed by atoms with Crippen molar-refractivity contribution in [2.24, 2.45) is 0 Å². The molecule has 2 heterocycles. The quantitative estimate of drug-likeness (QED) is 0.847. The number of halogens is 1. The summed E-state index contributed by atoms with van der Waals surface area (Å²) in [5.41, 5.74) is 0.851. The number of alkyl halides is 1. The summed E-state index contributed by atoms with van der Waals surface area (Å²) in [6, 6.07) is 0.286. The Morgan fingerprint density at radius 2 is 2.53 bits per heavy atom. The van der Waals surface area contributed by atoms with E-state index >= 15 is 0 Å². The van der Waals surface area contributed by atoms with Crippen molar-refractivity contribution < 1.29 is 4.79 Å². The largest absolute Gasteiger partial charge is 0.352 e. The van der Waals surface area contributed by atoms with Gasteiger partial charge in [0.15, 0.2) is 0 Å². The number of piperidine rings is 1. The van der Waals surface area contributed by atoms with Crippen molar-refractivity contribution in [2.75, 3.05) is 19.6 Å². The van der Waals surface area contributed by atoms with E-state index in [9.17, 15) is 4.79 Å². The maximum Gasteiger partial charge on any atom is 0.227 e. The van der Waals surface area contributed by atoms with Gasteiger partial charge in [0.2, 0.25) is 5.91 Å². The molecule has 1 unspecified atom stereocenters. The molecule has 1 aromatic heterocycles. The van der Waals surface area contributed by atoms with Crippen LogP contribution >= 0.6 is 22.9 Å². The Kier molecular flexibility index (Phi) is 5.60. The van der Waals surface area contributed by atoms with Crippen molar-refractivity contribution in [1.29, 1.82) is 0 Å². The molecule has 0 saturated carbocycles. The molecular formula is C13H20ClN3OS. The summed E-state index contributed by atoms with van der Waals surface area (Å²) in [7, 11) is 0. The summed E-state index contributed by atoms with van der Waals surface area (Å²) in [5.74, 6) is 0.477. The average Bonchev–Trinajstić information content (AvgIpc) is 2.86. The second-order valence-corrected chi connectivity index (χ2v) is 6.05. The van der Waals surface area contributed by atoms with Crippen molar-refractivity contribution >= 4 is 28.8 Å². The zero-order chi connectivity index (χ0) is 13.7. The number of hydrogen-bond acceptors (Lipinski definition) is 4. The minimum atomic E-state index is 0.0680. The zero-order valence-corrected chi connectivity index (χ0v) is 12.8. The van der Waals surface area contributed by atoms with E-state index in [-0.39, 0.29) is 11.9 Å². The van der Waals surface area contributed by atoms with Crippen molar-refractivity contribution in [2.45, 2.75) is 38.1 Å². The van der Waals surface area contributed by atoms with Gasteiger partial charge in [0.1, 0.15) is 5.01 Å². The fraction of sp³-hybridized carbons (Fsp3) is 0.692. The molecule has 0 radical (unpaired) electrons. The number of thiazole rings is 1. The van der Waals surface area contributed by atoms with E-state index in [0.717, 1.165) is 43.2 Å². The second-order valence-electron chi connectivity index (χ2n) is 4.84. The number of likely N-dealkylation sites (N-methyl/N-ethyl adjacent to an activating group) is 1. The molecule has 0 bridgehead atoms. The zero-order valence-electron chi connectivity index (χ0n) is 11.2. The van der Waals surface area contributed by atoms with E-state index in [4.69, 9.17) is 11.6 Å². The van der Waals surface area contributed by atoms with Gasteiger partial charge in [-0.2, -0.15) is 0 Å². The van der Waals surface area contributed by atoms with Gasteiger partial charge in [-0.1, -0.05) is 6.92 Å². The molecule has 19 heavy (non-hydrogen) atoms. The van der Waals surface area contributed by atoms with Gasteiger partial charge in [0.05, 0.1) is 18.0 Å². The average molecular weight is 302 g/mol. The molecule has 0 aliphatic carbocycles. The summed E-state index contributed by atoms with van der Waals surface area (Å²) in [6.45, 7) is 5.33. The number of carbonyl (C=O) groups is 1. The van der Waals surface area contributed by atoms with Gasteiger partial charge in [-0.25, -0.2) is 4.98 Å². The Labute approximate surface area is 123 Å². The van der Waals surface area contributed by atoms with Crippen LogP contribution in [0.1, 0.15) is 30.5 Å². The van der Waals surface area contributed by atoms with Gasteiger partial charge in [0, 0.05) is 18.0 Å². The van der Waals surface area contributed by atoms with E-state index < -0.39 is 0 Å². The summed E-state index contributed by atoms with van der Waals surface area (Å²) < 4.78 is 0. The molecule has 1 aliphatic heterocycles. The Morgan fingerprint density at radius 1 is 1.68 bits per heavy atom. The van der Waals surface area contributed by atoms with Crippen LogP contribution in [0, 0.1) is 0 Å². The lowest BCUT2D eigenvalue weighted by Gasteiger charge is -2.32. The van der Waals surface area contributed by atoms with Gasteiger partial charge in [-0.05, 0) is 25.9 Å². The highest BCUT2D eigenvalue weighted by atomic mass is 35.5. The van der Waals surface area contributed by atoms with E-state index in [1.54, 1.807) is 0 Å². The number of hydrogen-bond donors (Lipinski definition) is 1. The predicted molar refractivity (Wildman–Crippen MR) is 78.7 cm³/mol. The number of aromatic nitrogens is 1. The standard InChI is InChI=1S/C13H20ClN3OS/c1-2-17-5-3-4-10(8-17)15-12(18)6-13-16-11(7-14)9-19-13/h9-10H,2-8H2,1H3,(H,15,18). The van der Waals surface area contributed by atoms with E-state index in [2.05, 4.69) is 22.1 Å². The maximum absolute atomic E-state index is 12.0. The first-order chi connectivity index (χ1) is 9.21. The van der Waals surface area contributed by atoms with Crippen LogP contribution in [0.2, 0.25) is 0 Å². The molecule has 1 atom stereocenters. The Balaban J connectivity index is 1.80. The molecular weight excluding hydrogens is 282 g/mol. The molecule has 106 valence electrons. The highest BCUT2D eigenvalue weighted by Gasteiger charge is 2.20. The van der Waals surface area contributed by atoms with Gasteiger partial charge in [0.25, 0.3) is 0 Å². The lowest BCUT2D eigenvalue weighted by atomic mass is 10.1. The van der Waals surface area contributed by atoms with E-state index in [0.29, 0.717) is 12.3 Å². The number of likely N-dealkylation sites (tertiary alicyclic amines) is 1. The Hall–Kier alpha value is -0.650. The molecule has 1 amide bonds. The van der Waals surface area contributed by atoms with E-state index in [1.165, 1.54) is 11.3 Å². The fourth-order valence-electron chi connectivity index (χ4n) is 2.37. The third kappa shape index (κ3) is 4.44. The fourth-order valence-corrected chi connectivity index (χ4v) is 3.39. The first-order valence-electron chi connectivity index (χ1n) is 6.72. The minimum absolute atomic E-state index is 0.0680. The first kappa shape index (κ1) is 14.8. The number of carbonyl (C=O) groups excluding carboxylic acids is 1. The lowest BCUT2D eigenvalue weighted by molar-refractivity contribution is -0.121. The predicted octanol–water partition coefficient (Wildman–Crippen LogP) is 2.02. The Morgan fingerprint density at radius 3 is 3.21 bits per heavy atom. The molecule has 1 aromatic rings. The molecule has 2 rings (SSSR count). The molecule has 1 fully saturated rings. The SMILES string of the molecule is CCN1CCCC(NC(=O)Cc2nc(CCl)cs2)C1. The smallest absolute Gasteiger partial charge is 0.227 e. The van der Waals surface area contributed by atoms with Crippen LogP contribution in [0.4, 0.5) is 0 Å². The van der Waals surface area contributed by atoms with Crippen LogP contribution in [0.5, 0.6) is 0 Å². The van der Waals surface area contributed by atoms with Gasteiger partial charge < -0.3 is 10.2 Å². The monoisotopic (exact) mass is 301 g/mol. The molecule has 1 aliphatic rings. The lowest BCUT2D eigenvalue weighted by Crippen LogP contribution is -2.47. The van der Waals surface area contributed by atoms with Crippen molar-refractivity contribution in [3.63, 3.8) is 0 Å². The van der Waals surface area contributed by atoms with Crippen molar-refractivity contribution in [1.82, 2.24) is 15.2 Å². The summed E-state index contributed by atoms with van der Waals surface area (Å²) in [4.78, 5) is 18.7. The molecule has 6 heteroatoms. The summed E-state index contributed by atoms with van der Waals surface area (Å²) in [5, 5.41) is 5.87.